The molecule has 1 amide bonds. The average Bonchev–Trinajstić information content (AvgIpc) is 3.01. The molecule has 0 saturated carbocycles. The average molecular weight is 319 g/mol. The highest BCUT2D eigenvalue weighted by Gasteiger charge is 2.21. The zero-order chi connectivity index (χ0) is 17.3. The summed E-state index contributed by atoms with van der Waals surface area (Å²) in [7, 11) is 1.65. The van der Waals surface area contributed by atoms with Crippen LogP contribution >= 0.6 is 0 Å². The molecule has 0 aliphatic heterocycles. The molecule has 0 aliphatic rings. The molecule has 2 heterocycles. The van der Waals surface area contributed by atoms with Crippen LogP contribution < -0.4 is 0 Å². The summed E-state index contributed by atoms with van der Waals surface area (Å²) in [5.41, 5.74) is 1.45. The second-order valence-corrected chi connectivity index (χ2v) is 5.83. The zero-order valence-corrected chi connectivity index (χ0v) is 14.0. The van der Waals surface area contributed by atoms with E-state index in [2.05, 4.69) is 5.10 Å². The molecule has 0 saturated heterocycles. The van der Waals surface area contributed by atoms with Crippen LogP contribution in [0.2, 0.25) is 0 Å². The summed E-state index contributed by atoms with van der Waals surface area (Å²) in [5.74, 6) is -0.456. The van der Waals surface area contributed by atoms with Crippen LogP contribution in [-0.4, -0.2) is 38.7 Å². The van der Waals surface area contributed by atoms with Gasteiger partial charge in [0.05, 0.1) is 18.3 Å². The third-order valence-corrected chi connectivity index (χ3v) is 3.70. The summed E-state index contributed by atoms with van der Waals surface area (Å²) >= 11 is 0. The predicted molar refractivity (Wildman–Crippen MR) is 83.6 cm³/mol. The SMILES string of the molecule is Cc1oc(CN(C)C(=O)c2cnn(C(C)C)c2C)cc1C(=O)O. The minimum atomic E-state index is -1.04. The number of hydrogen-bond acceptors (Lipinski definition) is 4. The smallest absolute Gasteiger partial charge is 0.339 e. The second-order valence-electron chi connectivity index (χ2n) is 5.83. The number of aromatic nitrogens is 2. The van der Waals surface area contributed by atoms with Gasteiger partial charge >= 0.3 is 5.97 Å². The Bertz CT molecular complexity index is 743. The molecule has 2 aromatic heterocycles. The highest BCUT2D eigenvalue weighted by atomic mass is 16.4. The van der Waals surface area contributed by atoms with E-state index in [0.717, 1.165) is 5.69 Å². The Morgan fingerprint density at radius 2 is 2.00 bits per heavy atom. The molecule has 2 rings (SSSR count). The summed E-state index contributed by atoms with van der Waals surface area (Å²) < 4.78 is 7.20. The van der Waals surface area contributed by atoms with Crippen molar-refractivity contribution in [3.63, 3.8) is 0 Å². The molecule has 1 N–H and O–H groups in total. The normalized spacial score (nSPS) is 11.0. The first-order chi connectivity index (χ1) is 10.7. The lowest BCUT2D eigenvalue weighted by Gasteiger charge is -2.16. The van der Waals surface area contributed by atoms with Crippen molar-refractivity contribution >= 4 is 11.9 Å². The molecular weight excluding hydrogens is 298 g/mol. The Morgan fingerprint density at radius 3 is 2.48 bits per heavy atom. The van der Waals surface area contributed by atoms with E-state index in [0.29, 0.717) is 17.1 Å². The maximum absolute atomic E-state index is 12.5. The standard InChI is InChI=1S/C16H21N3O4/c1-9(2)19-10(3)14(7-17-19)15(20)18(5)8-12-6-13(16(21)22)11(4)23-12/h6-7,9H,8H2,1-5H3,(H,21,22). The van der Waals surface area contributed by atoms with Crippen LogP contribution in [-0.2, 0) is 6.54 Å². The van der Waals surface area contributed by atoms with Crippen LogP contribution in [0.1, 0.15) is 57.8 Å². The van der Waals surface area contributed by atoms with Gasteiger partial charge in [-0.2, -0.15) is 5.10 Å². The first-order valence-corrected chi connectivity index (χ1v) is 7.34. The van der Waals surface area contributed by atoms with Crippen molar-refractivity contribution < 1.29 is 19.1 Å². The minimum absolute atomic E-state index is 0.115. The van der Waals surface area contributed by atoms with Crippen molar-refractivity contribution in [3.8, 4) is 0 Å². The summed E-state index contributed by atoms with van der Waals surface area (Å²) in [6.45, 7) is 7.63. The Morgan fingerprint density at radius 1 is 1.35 bits per heavy atom. The fraction of sp³-hybridized carbons (Fsp3) is 0.438. The molecule has 7 heteroatoms. The second kappa shape index (κ2) is 6.28. The van der Waals surface area contributed by atoms with E-state index in [4.69, 9.17) is 9.52 Å². The molecule has 23 heavy (non-hydrogen) atoms. The van der Waals surface area contributed by atoms with Gasteiger partial charge in [0.25, 0.3) is 5.91 Å². The Balaban J connectivity index is 2.17. The van der Waals surface area contributed by atoms with Crippen LogP contribution in [0.4, 0.5) is 0 Å². The summed E-state index contributed by atoms with van der Waals surface area (Å²) in [6, 6.07) is 1.62. The van der Waals surface area contributed by atoms with Gasteiger partial charge in [0.2, 0.25) is 0 Å². The number of carbonyl (C=O) groups excluding carboxylic acids is 1. The number of carboxylic acids is 1. The molecule has 0 aromatic carbocycles. The maximum Gasteiger partial charge on any atom is 0.339 e. The molecule has 7 nitrogen and oxygen atoms in total. The fourth-order valence-electron chi connectivity index (χ4n) is 2.50. The highest BCUT2D eigenvalue weighted by molar-refractivity contribution is 5.95. The lowest BCUT2D eigenvalue weighted by Crippen LogP contribution is -2.26. The van der Waals surface area contributed by atoms with E-state index in [-0.39, 0.29) is 24.1 Å². The van der Waals surface area contributed by atoms with Gasteiger partial charge in [-0.25, -0.2) is 4.79 Å². The van der Waals surface area contributed by atoms with Crippen LogP contribution in [0, 0.1) is 13.8 Å². The van der Waals surface area contributed by atoms with Crippen LogP contribution in [0.15, 0.2) is 16.7 Å². The summed E-state index contributed by atoms with van der Waals surface area (Å²) in [4.78, 5) is 25.1. The topological polar surface area (TPSA) is 88.6 Å². The number of aromatic carboxylic acids is 1. The number of hydrogen-bond donors (Lipinski definition) is 1. The van der Waals surface area contributed by atoms with E-state index in [1.807, 2.05) is 20.8 Å². The monoisotopic (exact) mass is 319 g/mol. The van der Waals surface area contributed by atoms with E-state index >= 15 is 0 Å². The third kappa shape index (κ3) is 3.28. The zero-order valence-electron chi connectivity index (χ0n) is 14.0. The number of aryl methyl sites for hydroxylation is 1. The van der Waals surface area contributed by atoms with Gasteiger partial charge in [-0.05, 0) is 33.8 Å². The minimum Gasteiger partial charge on any atom is -0.478 e. The fourth-order valence-corrected chi connectivity index (χ4v) is 2.50. The number of amides is 1. The lowest BCUT2D eigenvalue weighted by molar-refractivity contribution is 0.0694. The van der Waals surface area contributed by atoms with Crippen molar-refractivity contribution in [2.75, 3.05) is 7.05 Å². The number of carboxylic acid groups (broad SMARTS) is 1. The summed E-state index contributed by atoms with van der Waals surface area (Å²) in [6.07, 6.45) is 1.56. The Kier molecular flexibility index (Phi) is 4.58. The molecule has 0 unspecified atom stereocenters. The number of furan rings is 1. The van der Waals surface area contributed by atoms with Gasteiger partial charge in [0.15, 0.2) is 0 Å². The first kappa shape index (κ1) is 16.8. The number of nitrogens with zero attached hydrogens (tertiary/aromatic N) is 3. The Hall–Kier alpha value is -2.57. The van der Waals surface area contributed by atoms with Crippen LogP contribution in [0.5, 0.6) is 0 Å². The van der Waals surface area contributed by atoms with Gasteiger partial charge in [0.1, 0.15) is 17.1 Å². The highest BCUT2D eigenvalue weighted by Crippen LogP contribution is 2.18. The third-order valence-electron chi connectivity index (χ3n) is 3.70. The molecule has 0 atom stereocenters. The number of rotatable bonds is 5. The van der Waals surface area contributed by atoms with Crippen molar-refractivity contribution in [3.05, 3.63) is 40.6 Å². The van der Waals surface area contributed by atoms with Crippen LogP contribution in [0.3, 0.4) is 0 Å². The quantitative estimate of drug-likeness (QED) is 0.915. The molecule has 0 fully saturated rings. The molecular formula is C16H21N3O4. The summed E-state index contributed by atoms with van der Waals surface area (Å²) in [5, 5.41) is 13.3. The van der Waals surface area contributed by atoms with Gasteiger partial charge in [0, 0.05) is 18.8 Å². The Labute approximate surface area is 134 Å². The number of carbonyl (C=O) groups is 2. The molecule has 0 bridgehead atoms. The van der Waals surface area contributed by atoms with E-state index in [9.17, 15) is 9.59 Å². The van der Waals surface area contributed by atoms with Crippen molar-refractivity contribution in [2.45, 2.75) is 40.3 Å². The van der Waals surface area contributed by atoms with Gasteiger partial charge in [-0.15, -0.1) is 0 Å². The van der Waals surface area contributed by atoms with Gasteiger partial charge in [-0.3, -0.25) is 9.48 Å². The van der Waals surface area contributed by atoms with E-state index < -0.39 is 5.97 Å². The predicted octanol–water partition coefficient (Wildman–Crippen LogP) is 2.64. The molecule has 0 aliphatic carbocycles. The lowest BCUT2D eigenvalue weighted by atomic mass is 10.2. The van der Waals surface area contributed by atoms with Crippen molar-refractivity contribution in [1.82, 2.24) is 14.7 Å². The van der Waals surface area contributed by atoms with Crippen LogP contribution in [0.25, 0.3) is 0 Å². The first-order valence-electron chi connectivity index (χ1n) is 7.34. The maximum atomic E-state index is 12.5. The van der Waals surface area contributed by atoms with E-state index in [1.165, 1.54) is 11.0 Å². The molecule has 0 spiro atoms. The molecule has 2 aromatic rings. The van der Waals surface area contributed by atoms with E-state index in [1.54, 1.807) is 24.9 Å². The van der Waals surface area contributed by atoms with Crippen molar-refractivity contribution in [1.29, 1.82) is 0 Å². The molecule has 0 radical (unpaired) electrons. The van der Waals surface area contributed by atoms with Crippen molar-refractivity contribution in [2.24, 2.45) is 0 Å². The van der Waals surface area contributed by atoms with Gasteiger partial charge in [-0.1, -0.05) is 0 Å². The molecule has 124 valence electrons. The largest absolute Gasteiger partial charge is 0.478 e. The van der Waals surface area contributed by atoms with Gasteiger partial charge < -0.3 is 14.4 Å².